The quantitative estimate of drug-likeness (QED) is 0.499. The first-order valence-corrected chi connectivity index (χ1v) is 10.6. The van der Waals surface area contributed by atoms with Gasteiger partial charge in [-0.3, -0.25) is 4.79 Å². The molecule has 2 atom stereocenters. The lowest BCUT2D eigenvalue weighted by Crippen LogP contribution is -2.48. The molecule has 30 heavy (non-hydrogen) atoms. The molecule has 5 heteroatoms. The summed E-state index contributed by atoms with van der Waals surface area (Å²) in [6, 6.07) is 16.3. The molecule has 0 saturated carbocycles. The summed E-state index contributed by atoms with van der Waals surface area (Å²) in [6.45, 7) is 5.08. The molecule has 0 N–H and O–H groups in total. The van der Waals surface area contributed by atoms with E-state index in [-0.39, 0.29) is 17.8 Å². The number of hydrogen-bond acceptors (Lipinski definition) is 3. The van der Waals surface area contributed by atoms with Crippen molar-refractivity contribution in [2.24, 2.45) is 0 Å². The number of esters is 1. The van der Waals surface area contributed by atoms with Crippen LogP contribution in [0.4, 0.5) is 4.39 Å². The zero-order valence-corrected chi connectivity index (χ0v) is 18.8. The zero-order valence-electron chi connectivity index (χ0n) is 17.2. The lowest BCUT2D eigenvalue weighted by molar-refractivity contribution is -0.168. The second kappa shape index (κ2) is 8.68. The van der Waals surface area contributed by atoms with E-state index in [1.807, 2.05) is 30.3 Å². The first-order chi connectivity index (χ1) is 14.1. The van der Waals surface area contributed by atoms with E-state index in [9.17, 15) is 9.59 Å². The minimum absolute atomic E-state index is 0.00222. The zero-order chi connectivity index (χ0) is 21.9. The highest BCUT2D eigenvalue weighted by Gasteiger charge is 2.54. The van der Waals surface area contributed by atoms with Crippen LogP contribution in [0.2, 0.25) is 0 Å². The van der Waals surface area contributed by atoms with Crippen molar-refractivity contribution in [2.45, 2.75) is 44.4 Å². The molecule has 3 rings (SSSR count). The number of alkyl halides is 1. The van der Waals surface area contributed by atoms with Gasteiger partial charge in [0.2, 0.25) is 5.67 Å². The Kier molecular flexibility index (Phi) is 6.41. The van der Waals surface area contributed by atoms with Gasteiger partial charge in [0, 0.05) is 22.4 Å². The van der Waals surface area contributed by atoms with Crippen molar-refractivity contribution in [3.05, 3.63) is 87.9 Å². The highest BCUT2D eigenvalue weighted by Crippen LogP contribution is 2.45. The summed E-state index contributed by atoms with van der Waals surface area (Å²) in [5, 5.41) is 0. The highest BCUT2D eigenvalue weighted by atomic mass is 79.9. The summed E-state index contributed by atoms with van der Waals surface area (Å²) in [7, 11) is 0. The molecule has 0 aliphatic heterocycles. The number of ether oxygens (including phenoxy) is 1. The van der Waals surface area contributed by atoms with Crippen LogP contribution in [0.1, 0.15) is 44.2 Å². The van der Waals surface area contributed by atoms with Gasteiger partial charge in [-0.25, -0.2) is 9.18 Å². The van der Waals surface area contributed by atoms with Crippen LogP contribution in [0.15, 0.2) is 76.8 Å². The molecule has 0 radical (unpaired) electrons. The van der Waals surface area contributed by atoms with Gasteiger partial charge in [-0.15, -0.1) is 0 Å². The summed E-state index contributed by atoms with van der Waals surface area (Å²) >= 11 is 3.46. The van der Waals surface area contributed by atoms with E-state index in [0.29, 0.717) is 5.56 Å². The molecular formula is C25H24BrFO3. The Balaban J connectivity index is 2.11. The third-order valence-electron chi connectivity index (χ3n) is 4.87. The Bertz CT molecular complexity index is 1000. The van der Waals surface area contributed by atoms with Crippen LogP contribution < -0.4 is 0 Å². The summed E-state index contributed by atoms with van der Waals surface area (Å²) in [5.74, 6) is -2.18. The van der Waals surface area contributed by atoms with Gasteiger partial charge in [0.15, 0.2) is 5.78 Å². The Morgan fingerprint density at radius 2 is 1.73 bits per heavy atom. The fraction of sp³-hybridized carbons (Fsp3) is 0.280. The molecule has 0 bridgehead atoms. The minimum atomic E-state index is -2.49. The van der Waals surface area contributed by atoms with Gasteiger partial charge in [-0.05, 0) is 44.0 Å². The predicted molar refractivity (Wildman–Crippen MR) is 120 cm³/mol. The second-order valence-corrected chi connectivity index (χ2v) is 9.16. The van der Waals surface area contributed by atoms with E-state index in [1.54, 1.807) is 51.1 Å². The van der Waals surface area contributed by atoms with E-state index in [4.69, 9.17) is 4.74 Å². The highest BCUT2D eigenvalue weighted by molar-refractivity contribution is 9.10. The van der Waals surface area contributed by atoms with E-state index >= 15 is 4.39 Å². The van der Waals surface area contributed by atoms with Crippen molar-refractivity contribution in [3.8, 4) is 0 Å². The summed E-state index contributed by atoms with van der Waals surface area (Å²) in [5.41, 5.74) is -1.97. The molecule has 0 amide bonds. The molecule has 0 fully saturated rings. The van der Waals surface area contributed by atoms with Crippen LogP contribution in [0.25, 0.3) is 6.08 Å². The average Bonchev–Trinajstić information content (AvgIpc) is 2.68. The molecule has 3 nitrogen and oxygen atoms in total. The molecule has 0 heterocycles. The normalized spacial score (nSPS) is 22.1. The number of halogens is 2. The molecular weight excluding hydrogens is 447 g/mol. The van der Waals surface area contributed by atoms with Crippen LogP contribution >= 0.6 is 15.9 Å². The van der Waals surface area contributed by atoms with Crippen LogP contribution in [0.5, 0.6) is 0 Å². The Labute approximate surface area is 184 Å². The number of allylic oxidation sites excluding steroid dienone is 2. The SMILES string of the molecule is CC(C)(C)OC(=O)[C@@]1(F)C(/C=C/c2ccccc2Br)=CC(=O)C[C@H]1c1ccccc1. The molecule has 0 aromatic heterocycles. The number of carbonyl (C=O) groups is 2. The van der Waals surface area contributed by atoms with Gasteiger partial charge in [0.25, 0.3) is 0 Å². The first-order valence-electron chi connectivity index (χ1n) is 9.76. The van der Waals surface area contributed by atoms with Crippen molar-refractivity contribution in [1.82, 2.24) is 0 Å². The second-order valence-electron chi connectivity index (χ2n) is 8.30. The van der Waals surface area contributed by atoms with Crippen molar-refractivity contribution >= 4 is 33.8 Å². The molecule has 2 aromatic rings. The van der Waals surface area contributed by atoms with Crippen molar-refractivity contribution in [3.63, 3.8) is 0 Å². The Morgan fingerprint density at radius 1 is 1.10 bits per heavy atom. The predicted octanol–water partition coefficient (Wildman–Crippen LogP) is 6.20. The number of rotatable bonds is 4. The third-order valence-corrected chi connectivity index (χ3v) is 5.59. The maximum atomic E-state index is 16.7. The van der Waals surface area contributed by atoms with Gasteiger partial charge in [0.05, 0.1) is 0 Å². The number of benzene rings is 2. The van der Waals surface area contributed by atoms with Crippen LogP contribution in [0, 0.1) is 0 Å². The minimum Gasteiger partial charge on any atom is -0.457 e. The third kappa shape index (κ3) is 4.78. The average molecular weight is 471 g/mol. The lowest BCUT2D eigenvalue weighted by atomic mass is 9.71. The van der Waals surface area contributed by atoms with Crippen molar-refractivity contribution in [2.75, 3.05) is 0 Å². The lowest BCUT2D eigenvalue weighted by Gasteiger charge is -2.37. The van der Waals surface area contributed by atoms with Gasteiger partial charge in [0.1, 0.15) is 5.60 Å². The van der Waals surface area contributed by atoms with Crippen molar-refractivity contribution in [1.29, 1.82) is 0 Å². The van der Waals surface area contributed by atoms with Crippen LogP contribution in [-0.2, 0) is 14.3 Å². The van der Waals surface area contributed by atoms with E-state index in [0.717, 1.165) is 10.0 Å². The fourth-order valence-electron chi connectivity index (χ4n) is 3.48. The summed E-state index contributed by atoms with van der Waals surface area (Å²) in [4.78, 5) is 25.6. The number of ketones is 1. The molecule has 2 aromatic carbocycles. The first kappa shape index (κ1) is 22.2. The van der Waals surface area contributed by atoms with Gasteiger partial charge in [-0.2, -0.15) is 0 Å². The number of carbonyl (C=O) groups excluding carboxylic acids is 2. The number of hydrogen-bond donors (Lipinski definition) is 0. The van der Waals surface area contributed by atoms with Crippen LogP contribution in [-0.4, -0.2) is 23.0 Å². The summed E-state index contributed by atoms with van der Waals surface area (Å²) in [6.07, 6.45) is 4.30. The molecule has 0 saturated heterocycles. The van der Waals surface area contributed by atoms with Crippen LogP contribution in [0.3, 0.4) is 0 Å². The van der Waals surface area contributed by atoms with Gasteiger partial charge >= 0.3 is 5.97 Å². The summed E-state index contributed by atoms with van der Waals surface area (Å²) < 4.78 is 23.0. The van der Waals surface area contributed by atoms with Gasteiger partial charge in [-0.1, -0.05) is 76.6 Å². The monoisotopic (exact) mass is 470 g/mol. The van der Waals surface area contributed by atoms with Crippen molar-refractivity contribution < 1.29 is 18.7 Å². The molecule has 1 aliphatic carbocycles. The Hall–Kier alpha value is -2.53. The standard InChI is InChI=1S/C25H24BrFO3/c1-24(2,3)30-23(29)25(27)19(14-13-18-11-7-8-12-22(18)26)15-20(28)16-21(25)17-9-5-4-6-10-17/h4-15,21H,16H2,1-3H3/b14-13+/t21-,25+/m0/s1. The molecule has 0 unspecified atom stereocenters. The Morgan fingerprint density at radius 3 is 2.37 bits per heavy atom. The van der Waals surface area contributed by atoms with E-state index in [2.05, 4.69) is 15.9 Å². The van der Waals surface area contributed by atoms with E-state index < -0.39 is 23.2 Å². The largest absolute Gasteiger partial charge is 0.457 e. The molecule has 1 aliphatic rings. The maximum Gasteiger partial charge on any atom is 0.349 e. The molecule has 0 spiro atoms. The van der Waals surface area contributed by atoms with E-state index in [1.165, 1.54) is 12.2 Å². The molecule has 156 valence electrons. The van der Waals surface area contributed by atoms with Gasteiger partial charge < -0.3 is 4.74 Å². The fourth-order valence-corrected chi connectivity index (χ4v) is 3.90. The maximum absolute atomic E-state index is 16.7. The smallest absolute Gasteiger partial charge is 0.349 e. The topological polar surface area (TPSA) is 43.4 Å².